The van der Waals surface area contributed by atoms with Gasteiger partial charge in [0, 0.05) is 5.56 Å². The number of carbonyl (C=O) groups is 1. The highest BCUT2D eigenvalue weighted by atomic mass is 16.4. The summed E-state index contributed by atoms with van der Waals surface area (Å²) in [5.74, 6) is -0.261. The Morgan fingerprint density at radius 2 is 2.00 bits per heavy atom. The second-order valence-electron chi connectivity index (χ2n) is 3.15. The van der Waals surface area contributed by atoms with Gasteiger partial charge in [-0.05, 0) is 19.1 Å². The van der Waals surface area contributed by atoms with Gasteiger partial charge in [0.05, 0.1) is 11.3 Å². The number of benzene rings is 1. The average molecular weight is 203 g/mol. The second kappa shape index (κ2) is 3.57. The predicted octanol–water partition coefficient (Wildman–Crippen LogP) is 2.35. The molecule has 1 N–H and O–H groups in total. The third-order valence-corrected chi connectivity index (χ3v) is 2.14. The van der Waals surface area contributed by atoms with Crippen LogP contribution < -0.4 is 0 Å². The highest BCUT2D eigenvalue weighted by Gasteiger charge is 2.07. The van der Waals surface area contributed by atoms with Gasteiger partial charge < -0.3 is 9.52 Å². The second-order valence-corrected chi connectivity index (χ2v) is 3.15. The van der Waals surface area contributed by atoms with Crippen molar-refractivity contribution in [2.75, 3.05) is 0 Å². The largest absolute Gasteiger partial charge is 0.478 e. The molecule has 15 heavy (non-hydrogen) atoms. The van der Waals surface area contributed by atoms with Crippen LogP contribution in [0.1, 0.15) is 16.1 Å². The zero-order valence-electron chi connectivity index (χ0n) is 8.10. The Hall–Kier alpha value is -2.10. The molecule has 76 valence electrons. The molecule has 0 aliphatic carbocycles. The van der Waals surface area contributed by atoms with E-state index in [0.29, 0.717) is 5.76 Å². The first-order valence-electron chi connectivity index (χ1n) is 4.42. The molecule has 0 aliphatic heterocycles. The monoisotopic (exact) mass is 203 g/mol. The molecule has 1 aromatic carbocycles. The van der Waals surface area contributed by atoms with Crippen molar-refractivity contribution < 1.29 is 14.3 Å². The lowest BCUT2D eigenvalue weighted by atomic mass is 10.1. The van der Waals surface area contributed by atoms with E-state index in [1.54, 1.807) is 24.3 Å². The third-order valence-electron chi connectivity index (χ3n) is 2.14. The minimum atomic E-state index is -0.934. The fourth-order valence-corrected chi connectivity index (χ4v) is 1.34. The molecule has 0 spiro atoms. The van der Waals surface area contributed by atoms with E-state index in [0.717, 1.165) is 11.3 Å². The Bertz CT molecular complexity index is 485. The topological polar surface area (TPSA) is 63.3 Å². The first-order valence-corrected chi connectivity index (χ1v) is 4.42. The van der Waals surface area contributed by atoms with Crippen LogP contribution in [0, 0.1) is 6.92 Å². The van der Waals surface area contributed by atoms with Gasteiger partial charge in [-0.1, -0.05) is 12.1 Å². The first-order chi connectivity index (χ1) is 7.18. The molecule has 4 heteroatoms. The number of aromatic carboxylic acids is 1. The maximum atomic E-state index is 10.6. The summed E-state index contributed by atoms with van der Waals surface area (Å²) in [7, 11) is 0. The molecule has 0 unspecified atom stereocenters. The van der Waals surface area contributed by atoms with Crippen LogP contribution >= 0.6 is 0 Å². The van der Waals surface area contributed by atoms with Crippen molar-refractivity contribution in [2.45, 2.75) is 6.92 Å². The molecule has 0 bridgehead atoms. The van der Waals surface area contributed by atoms with Crippen LogP contribution in [0.2, 0.25) is 0 Å². The van der Waals surface area contributed by atoms with E-state index in [1.165, 1.54) is 6.39 Å². The molecule has 0 aliphatic rings. The average Bonchev–Trinajstić information content (AvgIpc) is 2.65. The summed E-state index contributed by atoms with van der Waals surface area (Å²) < 4.78 is 5.19. The van der Waals surface area contributed by atoms with Crippen LogP contribution in [-0.4, -0.2) is 16.1 Å². The summed E-state index contributed by atoms with van der Waals surface area (Å²) in [5.41, 5.74) is 1.88. The Labute approximate surface area is 86.2 Å². The zero-order valence-corrected chi connectivity index (χ0v) is 8.10. The van der Waals surface area contributed by atoms with Gasteiger partial charge in [0.25, 0.3) is 0 Å². The SMILES string of the molecule is Cc1ncoc1-c1ccc(C(=O)O)cc1. The normalized spacial score (nSPS) is 10.2. The van der Waals surface area contributed by atoms with Crippen LogP contribution in [0.15, 0.2) is 35.1 Å². The Balaban J connectivity index is 2.40. The minimum absolute atomic E-state index is 0.260. The third kappa shape index (κ3) is 1.74. The van der Waals surface area contributed by atoms with Crippen molar-refractivity contribution in [3.63, 3.8) is 0 Å². The van der Waals surface area contributed by atoms with Crippen LogP contribution in [0.3, 0.4) is 0 Å². The fourth-order valence-electron chi connectivity index (χ4n) is 1.34. The standard InChI is InChI=1S/C11H9NO3/c1-7-10(15-6-12-7)8-2-4-9(5-3-8)11(13)14/h2-6H,1H3,(H,13,14). The minimum Gasteiger partial charge on any atom is -0.478 e. The van der Waals surface area contributed by atoms with E-state index < -0.39 is 5.97 Å². The molecule has 0 fully saturated rings. The predicted molar refractivity (Wildman–Crippen MR) is 53.6 cm³/mol. The summed E-state index contributed by atoms with van der Waals surface area (Å²) >= 11 is 0. The van der Waals surface area contributed by atoms with Gasteiger partial charge in [-0.3, -0.25) is 0 Å². The lowest BCUT2D eigenvalue weighted by molar-refractivity contribution is 0.0697. The quantitative estimate of drug-likeness (QED) is 0.813. The van der Waals surface area contributed by atoms with Crippen molar-refractivity contribution in [3.8, 4) is 11.3 Å². The summed E-state index contributed by atoms with van der Waals surface area (Å²) in [6.07, 6.45) is 1.37. The molecule has 4 nitrogen and oxygen atoms in total. The van der Waals surface area contributed by atoms with E-state index in [-0.39, 0.29) is 5.56 Å². The molecule has 1 heterocycles. The van der Waals surface area contributed by atoms with Crippen LogP contribution in [0.4, 0.5) is 0 Å². The van der Waals surface area contributed by atoms with Crippen LogP contribution in [0.5, 0.6) is 0 Å². The van der Waals surface area contributed by atoms with Crippen molar-refractivity contribution in [3.05, 3.63) is 41.9 Å². The number of hydrogen-bond acceptors (Lipinski definition) is 3. The summed E-state index contributed by atoms with van der Waals surface area (Å²) in [4.78, 5) is 14.6. The van der Waals surface area contributed by atoms with Crippen LogP contribution in [0.25, 0.3) is 11.3 Å². The zero-order chi connectivity index (χ0) is 10.8. The number of hydrogen-bond donors (Lipinski definition) is 1. The molecule has 0 atom stereocenters. The maximum Gasteiger partial charge on any atom is 0.335 e. The smallest absolute Gasteiger partial charge is 0.335 e. The Morgan fingerprint density at radius 1 is 1.33 bits per heavy atom. The van der Waals surface area contributed by atoms with E-state index >= 15 is 0 Å². The molecule has 2 rings (SSSR count). The van der Waals surface area contributed by atoms with E-state index in [9.17, 15) is 4.79 Å². The number of oxazole rings is 1. The van der Waals surface area contributed by atoms with Gasteiger partial charge in [-0.15, -0.1) is 0 Å². The lowest BCUT2D eigenvalue weighted by Crippen LogP contribution is -1.94. The lowest BCUT2D eigenvalue weighted by Gasteiger charge is -1.98. The number of rotatable bonds is 2. The van der Waals surface area contributed by atoms with E-state index in [1.807, 2.05) is 6.92 Å². The molecule has 2 aromatic rings. The van der Waals surface area contributed by atoms with Gasteiger partial charge in [-0.2, -0.15) is 0 Å². The van der Waals surface area contributed by atoms with Crippen molar-refractivity contribution in [1.29, 1.82) is 0 Å². The Kier molecular flexibility index (Phi) is 2.25. The van der Waals surface area contributed by atoms with Crippen molar-refractivity contribution >= 4 is 5.97 Å². The van der Waals surface area contributed by atoms with Gasteiger partial charge in [-0.25, -0.2) is 9.78 Å². The number of aryl methyl sites for hydroxylation is 1. The molecular formula is C11H9NO3. The Morgan fingerprint density at radius 3 is 2.47 bits per heavy atom. The molecular weight excluding hydrogens is 194 g/mol. The molecule has 0 saturated heterocycles. The maximum absolute atomic E-state index is 10.6. The summed E-state index contributed by atoms with van der Waals surface area (Å²) in [6.45, 7) is 1.84. The summed E-state index contributed by atoms with van der Waals surface area (Å²) in [6, 6.07) is 6.49. The number of carboxylic acid groups (broad SMARTS) is 1. The van der Waals surface area contributed by atoms with E-state index in [2.05, 4.69) is 4.98 Å². The molecule has 1 aromatic heterocycles. The van der Waals surface area contributed by atoms with Crippen molar-refractivity contribution in [1.82, 2.24) is 4.98 Å². The highest BCUT2D eigenvalue weighted by molar-refractivity contribution is 5.88. The van der Waals surface area contributed by atoms with Gasteiger partial charge in [0.1, 0.15) is 0 Å². The first kappa shape index (κ1) is 9.45. The van der Waals surface area contributed by atoms with E-state index in [4.69, 9.17) is 9.52 Å². The van der Waals surface area contributed by atoms with Gasteiger partial charge >= 0.3 is 5.97 Å². The fraction of sp³-hybridized carbons (Fsp3) is 0.0909. The summed E-state index contributed by atoms with van der Waals surface area (Å²) in [5, 5.41) is 8.73. The molecule has 0 saturated carbocycles. The van der Waals surface area contributed by atoms with Gasteiger partial charge in [0.15, 0.2) is 12.2 Å². The van der Waals surface area contributed by atoms with Crippen molar-refractivity contribution in [2.24, 2.45) is 0 Å². The van der Waals surface area contributed by atoms with Crippen LogP contribution in [-0.2, 0) is 0 Å². The van der Waals surface area contributed by atoms with Gasteiger partial charge in [0.2, 0.25) is 0 Å². The number of carboxylic acids is 1. The highest BCUT2D eigenvalue weighted by Crippen LogP contribution is 2.22. The molecule has 0 radical (unpaired) electrons. The molecule has 0 amide bonds. The number of aromatic nitrogens is 1. The number of nitrogens with zero attached hydrogens (tertiary/aromatic N) is 1.